The van der Waals surface area contributed by atoms with E-state index in [1.54, 1.807) is 26.8 Å². The molecule has 3 aromatic heterocycles. The number of hydrogen-bond acceptors (Lipinski definition) is 9. The lowest BCUT2D eigenvalue weighted by Crippen LogP contribution is -2.42. The van der Waals surface area contributed by atoms with Gasteiger partial charge in [0, 0.05) is 38.2 Å². The molecule has 1 unspecified atom stereocenters. The molecule has 1 saturated carbocycles. The van der Waals surface area contributed by atoms with Gasteiger partial charge in [0.15, 0.2) is 5.65 Å². The van der Waals surface area contributed by atoms with Crippen LogP contribution in [0.3, 0.4) is 0 Å². The molecule has 1 saturated heterocycles. The van der Waals surface area contributed by atoms with Crippen molar-refractivity contribution in [2.24, 2.45) is 0 Å². The molecule has 4 heterocycles. The van der Waals surface area contributed by atoms with Crippen LogP contribution in [0, 0.1) is 0 Å². The molecule has 0 spiro atoms. The number of aromatic nitrogens is 4. The average Bonchev–Trinajstić information content (AvgIpc) is 3.48. The van der Waals surface area contributed by atoms with Gasteiger partial charge < -0.3 is 29.8 Å². The molecule has 3 aromatic rings. The fraction of sp³-hybridized carbons (Fsp3) is 0.500. The second-order valence-electron chi connectivity index (χ2n) is 11.2. The van der Waals surface area contributed by atoms with Crippen molar-refractivity contribution in [1.82, 2.24) is 24.5 Å². The number of hydrogen-bond donors (Lipinski definition) is 3. The summed E-state index contributed by atoms with van der Waals surface area (Å²) in [6, 6.07) is 3.20. The molecule has 220 valence electrons. The summed E-state index contributed by atoms with van der Waals surface area (Å²) in [6.07, 6.45) is 0.266. The van der Waals surface area contributed by atoms with Gasteiger partial charge in [0.1, 0.15) is 28.5 Å². The Morgan fingerprint density at radius 3 is 2.63 bits per heavy atom. The smallest absolute Gasteiger partial charge is 0.415 e. The van der Waals surface area contributed by atoms with Crippen LogP contribution in [0.4, 0.5) is 30.9 Å². The van der Waals surface area contributed by atoms with Gasteiger partial charge >= 0.3 is 6.09 Å². The van der Waals surface area contributed by atoms with Crippen LogP contribution < -0.4 is 21.1 Å². The molecule has 3 N–H and O–H groups in total. The number of aliphatic hydroxyl groups is 1. The Morgan fingerprint density at radius 2 is 2.00 bits per heavy atom. The molecule has 15 heteroatoms. The lowest BCUT2D eigenvalue weighted by molar-refractivity contribution is -0.104. The highest BCUT2D eigenvalue weighted by molar-refractivity contribution is 6.00. The Labute approximate surface area is 233 Å². The lowest BCUT2D eigenvalue weighted by Gasteiger charge is -2.36. The number of amides is 2. The Hall–Kier alpha value is -4.11. The predicted octanol–water partition coefficient (Wildman–Crippen LogP) is 2.47. The molecule has 2 amide bonds. The molecule has 2 aliphatic rings. The molecule has 1 aliphatic carbocycles. The first-order chi connectivity index (χ1) is 19.2. The first kappa shape index (κ1) is 28.4. The topological polar surface area (TPSA) is 152 Å². The van der Waals surface area contributed by atoms with E-state index in [-0.39, 0.29) is 41.7 Å². The number of halogens is 2. The van der Waals surface area contributed by atoms with Crippen LogP contribution >= 0.6 is 0 Å². The quantitative estimate of drug-likeness (QED) is 0.402. The van der Waals surface area contributed by atoms with Crippen LogP contribution in [-0.2, 0) is 9.47 Å². The Morgan fingerprint density at radius 1 is 1.27 bits per heavy atom. The van der Waals surface area contributed by atoms with Gasteiger partial charge in [-0.1, -0.05) is 0 Å². The summed E-state index contributed by atoms with van der Waals surface area (Å²) in [7, 11) is 1.45. The molecule has 1 aliphatic heterocycles. The normalized spacial score (nSPS) is 20.5. The van der Waals surface area contributed by atoms with Gasteiger partial charge in [-0.15, -0.1) is 0 Å². The van der Waals surface area contributed by atoms with Gasteiger partial charge in [-0.25, -0.2) is 18.6 Å². The number of alkyl halides is 2. The summed E-state index contributed by atoms with van der Waals surface area (Å²) in [5.74, 6) is -3.15. The summed E-state index contributed by atoms with van der Waals surface area (Å²) in [5.41, 5.74) is -1.19. The number of fused-ring (bicyclic) bond motifs is 1. The number of nitrogens with zero attached hydrogens (tertiary/aromatic N) is 5. The van der Waals surface area contributed by atoms with E-state index in [1.807, 2.05) is 0 Å². The predicted molar refractivity (Wildman–Crippen MR) is 143 cm³/mol. The number of anilines is 3. The number of carbonyl (C=O) groups excluding carboxylic acids is 2. The van der Waals surface area contributed by atoms with Crippen LogP contribution in [0.25, 0.3) is 5.65 Å². The third-order valence-electron chi connectivity index (χ3n) is 6.77. The van der Waals surface area contributed by atoms with Crippen molar-refractivity contribution in [3.63, 3.8) is 0 Å². The summed E-state index contributed by atoms with van der Waals surface area (Å²) < 4.78 is 40.1. The maximum Gasteiger partial charge on any atom is 0.415 e. The van der Waals surface area contributed by atoms with Gasteiger partial charge in [-0.05, 0) is 32.9 Å². The average molecular weight is 576 g/mol. The first-order valence-electron chi connectivity index (χ1n) is 13.0. The van der Waals surface area contributed by atoms with E-state index in [4.69, 9.17) is 9.47 Å². The van der Waals surface area contributed by atoms with Crippen molar-refractivity contribution in [2.45, 2.75) is 63.3 Å². The second-order valence-corrected chi connectivity index (χ2v) is 11.2. The summed E-state index contributed by atoms with van der Waals surface area (Å²) >= 11 is 0. The minimum absolute atomic E-state index is 0.0359. The van der Waals surface area contributed by atoms with E-state index in [0.717, 1.165) is 0 Å². The SMILES string of the molecule is CN(C(=O)OC(C)(C)C)c1cc(Nc2cccn(C3CC(F)(F)C3)c2=O)nc2c(C(=O)NC3COC[C@@H]3O)cnn12. The number of ether oxygens (including phenoxy) is 2. The third kappa shape index (κ3) is 5.86. The van der Waals surface area contributed by atoms with Gasteiger partial charge in [-0.3, -0.25) is 14.5 Å². The fourth-order valence-corrected chi connectivity index (χ4v) is 4.62. The van der Waals surface area contributed by atoms with Crippen molar-refractivity contribution in [3.8, 4) is 0 Å². The zero-order valence-electron chi connectivity index (χ0n) is 22.9. The molecule has 41 heavy (non-hydrogen) atoms. The van der Waals surface area contributed by atoms with E-state index in [9.17, 15) is 28.3 Å². The molecule has 2 fully saturated rings. The Bertz CT molecular complexity index is 1540. The zero-order valence-corrected chi connectivity index (χ0v) is 22.9. The van der Waals surface area contributed by atoms with Crippen LogP contribution in [0.2, 0.25) is 0 Å². The molecule has 2 atom stereocenters. The molecule has 5 rings (SSSR count). The lowest BCUT2D eigenvalue weighted by atomic mass is 9.88. The monoisotopic (exact) mass is 575 g/mol. The molecule has 0 radical (unpaired) electrons. The summed E-state index contributed by atoms with van der Waals surface area (Å²) in [4.78, 5) is 44.9. The number of carbonyl (C=O) groups is 2. The van der Waals surface area contributed by atoms with Gasteiger partial charge in [0.05, 0.1) is 31.6 Å². The van der Waals surface area contributed by atoms with E-state index in [0.29, 0.717) is 0 Å². The van der Waals surface area contributed by atoms with Crippen molar-refractivity contribution >= 4 is 35.0 Å². The van der Waals surface area contributed by atoms with E-state index < -0.39 is 60.1 Å². The minimum Gasteiger partial charge on any atom is -0.443 e. The van der Waals surface area contributed by atoms with Gasteiger partial charge in [0.2, 0.25) is 0 Å². The first-order valence-corrected chi connectivity index (χ1v) is 13.0. The van der Waals surface area contributed by atoms with Crippen molar-refractivity contribution in [1.29, 1.82) is 0 Å². The molecule has 0 bridgehead atoms. The Kier molecular flexibility index (Phi) is 7.19. The largest absolute Gasteiger partial charge is 0.443 e. The highest BCUT2D eigenvalue weighted by Gasteiger charge is 2.46. The fourth-order valence-electron chi connectivity index (χ4n) is 4.62. The van der Waals surface area contributed by atoms with Crippen molar-refractivity contribution in [3.05, 3.63) is 46.5 Å². The van der Waals surface area contributed by atoms with Crippen molar-refractivity contribution in [2.75, 3.05) is 30.5 Å². The maximum atomic E-state index is 13.5. The van der Waals surface area contributed by atoms with Crippen LogP contribution in [0.15, 0.2) is 35.4 Å². The van der Waals surface area contributed by atoms with Crippen molar-refractivity contribution < 1.29 is 33.0 Å². The second kappa shape index (κ2) is 10.4. The maximum absolute atomic E-state index is 13.5. The zero-order chi connectivity index (χ0) is 29.7. The highest BCUT2D eigenvalue weighted by atomic mass is 19.3. The van der Waals surface area contributed by atoms with Gasteiger partial charge in [0.25, 0.3) is 17.4 Å². The molecular formula is C26H31F2N7O6. The van der Waals surface area contributed by atoms with Crippen LogP contribution in [0.5, 0.6) is 0 Å². The number of aliphatic hydroxyl groups excluding tert-OH is 1. The molecule has 0 aromatic carbocycles. The van der Waals surface area contributed by atoms with E-state index >= 15 is 0 Å². The molecule has 13 nitrogen and oxygen atoms in total. The number of nitrogens with one attached hydrogen (secondary N) is 2. The number of pyridine rings is 1. The van der Waals surface area contributed by atoms with Crippen LogP contribution in [0.1, 0.15) is 50.0 Å². The van der Waals surface area contributed by atoms with E-state index in [2.05, 4.69) is 20.7 Å². The Balaban J connectivity index is 1.53. The summed E-state index contributed by atoms with van der Waals surface area (Å²) in [5, 5.41) is 19.9. The van der Waals surface area contributed by atoms with Crippen LogP contribution in [-0.4, -0.2) is 80.2 Å². The molecular weight excluding hydrogens is 544 g/mol. The third-order valence-corrected chi connectivity index (χ3v) is 6.77. The minimum atomic E-state index is -2.80. The van der Waals surface area contributed by atoms with Gasteiger partial charge in [-0.2, -0.15) is 9.61 Å². The highest BCUT2D eigenvalue weighted by Crippen LogP contribution is 2.44. The van der Waals surface area contributed by atoms with E-state index in [1.165, 1.54) is 45.6 Å². The summed E-state index contributed by atoms with van der Waals surface area (Å²) in [6.45, 7) is 5.35. The standard InChI is InChI=1S/C26H31F2N7O6/c1-25(2,3)41-24(39)33(4)20-8-19(30-16-6-5-7-34(23(16)38)14-9-26(27,28)10-14)32-21-15(11-29-35(20)21)22(37)31-17-12-40-13-18(17)36/h5-8,11,14,17-18,36H,9-10,12-13H2,1-4H3,(H,30,32)(H,31,37)/t17?,18-/m0/s1. The number of rotatable bonds is 6.